The first-order valence-corrected chi connectivity index (χ1v) is 6.32. The van der Waals surface area contributed by atoms with E-state index in [0.717, 1.165) is 12.8 Å². The van der Waals surface area contributed by atoms with Gasteiger partial charge < -0.3 is 14.5 Å². The van der Waals surface area contributed by atoms with Crippen LogP contribution in [-0.2, 0) is 0 Å². The van der Waals surface area contributed by atoms with Gasteiger partial charge >= 0.3 is 11.1 Å². The Kier molecular flexibility index (Phi) is 2.04. The molecule has 2 heterocycles. The molecule has 2 aromatic rings. The Morgan fingerprint density at radius 2 is 1.79 bits per heavy atom. The van der Waals surface area contributed by atoms with Gasteiger partial charge in [0.1, 0.15) is 13.2 Å². The normalized spacial score (nSPS) is 17.7. The third-order valence-corrected chi connectivity index (χ3v) is 3.49. The molecule has 98 valence electrons. The van der Waals surface area contributed by atoms with Crippen molar-refractivity contribution in [1.29, 1.82) is 0 Å². The molecule has 0 radical (unpaired) electrons. The molecule has 1 fully saturated rings. The highest BCUT2D eigenvalue weighted by Gasteiger charge is 2.28. The Balaban J connectivity index is 2.09. The van der Waals surface area contributed by atoms with Crippen LogP contribution in [0.25, 0.3) is 11.0 Å². The second-order valence-corrected chi connectivity index (χ2v) is 4.87. The van der Waals surface area contributed by atoms with Crippen LogP contribution in [0.1, 0.15) is 18.9 Å². The van der Waals surface area contributed by atoms with E-state index in [1.165, 1.54) is 0 Å². The van der Waals surface area contributed by atoms with Crippen LogP contribution in [0.4, 0.5) is 0 Å². The Morgan fingerprint density at radius 3 is 2.47 bits per heavy atom. The van der Waals surface area contributed by atoms with Crippen LogP contribution >= 0.6 is 0 Å². The quantitative estimate of drug-likeness (QED) is 0.769. The van der Waals surface area contributed by atoms with E-state index in [2.05, 4.69) is 4.98 Å². The maximum absolute atomic E-state index is 12.0. The molecule has 6 nitrogen and oxygen atoms in total. The Morgan fingerprint density at radius 1 is 1.11 bits per heavy atom. The van der Waals surface area contributed by atoms with E-state index < -0.39 is 11.1 Å². The Labute approximate surface area is 107 Å². The van der Waals surface area contributed by atoms with Crippen molar-refractivity contribution >= 4 is 11.0 Å². The summed E-state index contributed by atoms with van der Waals surface area (Å²) in [5.74, 6) is 1.23. The number of hydrogen-bond acceptors (Lipinski definition) is 4. The molecule has 1 aliphatic heterocycles. The van der Waals surface area contributed by atoms with Crippen molar-refractivity contribution in [2.45, 2.75) is 18.9 Å². The summed E-state index contributed by atoms with van der Waals surface area (Å²) in [6.45, 7) is 0.987. The first-order chi connectivity index (χ1) is 9.24. The predicted octanol–water partition coefficient (Wildman–Crippen LogP) is 0.796. The standard InChI is InChI=1S/C13H12N2O4/c16-12-13(17)15(7-1-2-7)9-6-11-10(5-8(9)14-12)18-3-4-19-11/h5-7H,1-4H2,(H,14,16). The molecule has 6 heteroatoms. The monoisotopic (exact) mass is 260 g/mol. The summed E-state index contributed by atoms with van der Waals surface area (Å²) in [5, 5.41) is 0. The summed E-state index contributed by atoms with van der Waals surface area (Å²) in [5.41, 5.74) is 0.236. The fourth-order valence-corrected chi connectivity index (χ4v) is 2.47. The molecule has 1 aromatic heterocycles. The fourth-order valence-electron chi connectivity index (χ4n) is 2.47. The topological polar surface area (TPSA) is 73.3 Å². The number of nitrogens with one attached hydrogen (secondary N) is 1. The average molecular weight is 260 g/mol. The van der Waals surface area contributed by atoms with Crippen LogP contribution in [0.5, 0.6) is 11.5 Å². The maximum Gasteiger partial charge on any atom is 0.316 e. The van der Waals surface area contributed by atoms with Crippen molar-refractivity contribution < 1.29 is 9.47 Å². The van der Waals surface area contributed by atoms with Gasteiger partial charge in [-0.2, -0.15) is 0 Å². The molecule has 19 heavy (non-hydrogen) atoms. The van der Waals surface area contributed by atoms with Gasteiger partial charge in [0, 0.05) is 18.2 Å². The molecular formula is C13H12N2O4. The second-order valence-electron chi connectivity index (χ2n) is 4.87. The SMILES string of the molecule is O=c1[nH]c2cc3c(cc2n(C2CC2)c1=O)OCCO3. The Bertz CT molecular complexity index is 786. The predicted molar refractivity (Wildman–Crippen MR) is 68.1 cm³/mol. The fraction of sp³-hybridized carbons (Fsp3) is 0.385. The van der Waals surface area contributed by atoms with E-state index in [1.54, 1.807) is 16.7 Å². The highest BCUT2D eigenvalue weighted by atomic mass is 16.6. The summed E-state index contributed by atoms with van der Waals surface area (Å²) >= 11 is 0. The van der Waals surface area contributed by atoms with Gasteiger partial charge in [0.2, 0.25) is 0 Å². The van der Waals surface area contributed by atoms with E-state index in [0.29, 0.717) is 35.7 Å². The van der Waals surface area contributed by atoms with Gasteiger partial charge in [-0.15, -0.1) is 0 Å². The van der Waals surface area contributed by atoms with Gasteiger partial charge in [-0.1, -0.05) is 0 Å². The number of aromatic amines is 1. The molecule has 1 aromatic carbocycles. The molecule has 0 atom stereocenters. The molecule has 0 spiro atoms. The lowest BCUT2D eigenvalue weighted by atomic mass is 10.2. The smallest absolute Gasteiger partial charge is 0.316 e. The third kappa shape index (κ3) is 1.56. The number of H-pyrrole nitrogens is 1. The highest BCUT2D eigenvalue weighted by Crippen LogP contribution is 2.38. The van der Waals surface area contributed by atoms with Crippen molar-refractivity contribution in [3.05, 3.63) is 32.8 Å². The number of hydrogen-bond donors (Lipinski definition) is 1. The third-order valence-electron chi connectivity index (χ3n) is 3.49. The van der Waals surface area contributed by atoms with Crippen molar-refractivity contribution in [2.24, 2.45) is 0 Å². The second kappa shape index (κ2) is 3.63. The molecule has 2 aliphatic rings. The van der Waals surface area contributed by atoms with Crippen LogP contribution in [0, 0.1) is 0 Å². The van der Waals surface area contributed by atoms with E-state index >= 15 is 0 Å². The first kappa shape index (κ1) is 10.7. The van der Waals surface area contributed by atoms with Crippen LogP contribution < -0.4 is 20.6 Å². The van der Waals surface area contributed by atoms with Crippen molar-refractivity contribution in [2.75, 3.05) is 13.2 Å². The number of fused-ring (bicyclic) bond motifs is 2. The van der Waals surface area contributed by atoms with Crippen LogP contribution in [-0.4, -0.2) is 22.8 Å². The minimum absolute atomic E-state index is 0.139. The van der Waals surface area contributed by atoms with Crippen molar-refractivity contribution in [3.63, 3.8) is 0 Å². The molecule has 0 unspecified atom stereocenters. The van der Waals surface area contributed by atoms with E-state index in [9.17, 15) is 9.59 Å². The molecular weight excluding hydrogens is 248 g/mol. The zero-order valence-corrected chi connectivity index (χ0v) is 10.1. The summed E-state index contributed by atoms with van der Waals surface area (Å²) in [4.78, 5) is 26.3. The molecule has 0 amide bonds. The molecule has 0 bridgehead atoms. The van der Waals surface area contributed by atoms with Gasteiger partial charge in [0.25, 0.3) is 0 Å². The lowest BCUT2D eigenvalue weighted by Crippen LogP contribution is -2.36. The van der Waals surface area contributed by atoms with Crippen LogP contribution in [0.2, 0.25) is 0 Å². The maximum atomic E-state index is 12.0. The van der Waals surface area contributed by atoms with Gasteiger partial charge in [-0.3, -0.25) is 14.2 Å². The van der Waals surface area contributed by atoms with Gasteiger partial charge in [0.15, 0.2) is 11.5 Å². The summed E-state index contributed by atoms with van der Waals surface area (Å²) in [6, 6.07) is 3.64. The zero-order valence-electron chi connectivity index (χ0n) is 10.1. The summed E-state index contributed by atoms with van der Waals surface area (Å²) < 4.78 is 12.6. The van der Waals surface area contributed by atoms with E-state index in [-0.39, 0.29) is 6.04 Å². The molecule has 1 aliphatic carbocycles. The van der Waals surface area contributed by atoms with Gasteiger partial charge in [-0.05, 0) is 12.8 Å². The molecule has 1 saturated carbocycles. The highest BCUT2D eigenvalue weighted by molar-refractivity contribution is 5.79. The first-order valence-electron chi connectivity index (χ1n) is 6.32. The lowest BCUT2D eigenvalue weighted by Gasteiger charge is -2.19. The van der Waals surface area contributed by atoms with Crippen molar-refractivity contribution in [3.8, 4) is 11.5 Å². The molecule has 1 N–H and O–H groups in total. The van der Waals surface area contributed by atoms with Crippen molar-refractivity contribution in [1.82, 2.24) is 9.55 Å². The number of nitrogens with zero attached hydrogens (tertiary/aromatic N) is 1. The number of ether oxygens (including phenoxy) is 2. The lowest BCUT2D eigenvalue weighted by molar-refractivity contribution is 0.172. The van der Waals surface area contributed by atoms with Crippen LogP contribution in [0.3, 0.4) is 0 Å². The van der Waals surface area contributed by atoms with E-state index in [4.69, 9.17) is 9.47 Å². The molecule has 0 saturated heterocycles. The van der Waals surface area contributed by atoms with E-state index in [1.807, 2.05) is 0 Å². The Hall–Kier alpha value is -2.24. The minimum atomic E-state index is -0.587. The van der Waals surface area contributed by atoms with Gasteiger partial charge in [0.05, 0.1) is 11.0 Å². The molecule has 4 rings (SSSR count). The summed E-state index contributed by atoms with van der Waals surface area (Å²) in [7, 11) is 0. The summed E-state index contributed by atoms with van der Waals surface area (Å²) in [6.07, 6.45) is 1.87. The van der Waals surface area contributed by atoms with Gasteiger partial charge in [-0.25, -0.2) is 0 Å². The minimum Gasteiger partial charge on any atom is -0.486 e. The van der Waals surface area contributed by atoms with Crippen LogP contribution in [0.15, 0.2) is 21.7 Å². The largest absolute Gasteiger partial charge is 0.486 e. The number of rotatable bonds is 1. The number of aromatic nitrogens is 2. The number of benzene rings is 1. The zero-order chi connectivity index (χ0) is 13.0. The average Bonchev–Trinajstić information content (AvgIpc) is 3.23.